The molecule has 0 aromatic carbocycles. The molecule has 1 aliphatic rings. The van der Waals surface area contributed by atoms with E-state index in [0.29, 0.717) is 37.3 Å². The van der Waals surface area contributed by atoms with Gasteiger partial charge in [0.1, 0.15) is 30.8 Å². The summed E-state index contributed by atoms with van der Waals surface area (Å²) >= 11 is 0. The second-order valence-electron chi connectivity index (χ2n) is 7.42. The van der Waals surface area contributed by atoms with Crippen LogP contribution in [0.4, 0.5) is 5.82 Å². The molecular weight excluding hydrogens is 430 g/mol. The molecule has 0 radical (unpaired) electrons. The molecule has 0 spiro atoms. The topological polar surface area (TPSA) is 180 Å². The van der Waals surface area contributed by atoms with E-state index in [1.54, 1.807) is 24.0 Å². The average molecular weight is 461 g/mol. The summed E-state index contributed by atoms with van der Waals surface area (Å²) in [6.07, 6.45) is 0.869. The largest absolute Gasteiger partial charge is 0.480 e. The lowest BCUT2D eigenvalue weighted by atomic mass is 10.2. The lowest BCUT2D eigenvalue weighted by Crippen LogP contribution is -2.49. The number of anilines is 1. The molecular formula is C21H30N7O5+. The smallest absolute Gasteiger partial charge is 0.225 e. The van der Waals surface area contributed by atoms with Crippen molar-refractivity contribution in [2.45, 2.75) is 25.7 Å². The Labute approximate surface area is 192 Å². The Hall–Kier alpha value is -3.40. The number of amides is 1. The van der Waals surface area contributed by atoms with Gasteiger partial charge in [-0.1, -0.05) is 5.18 Å². The Morgan fingerprint density at radius 2 is 2.15 bits per heavy atom. The minimum Gasteiger partial charge on any atom is -0.480 e. The number of carbonyl (C=O) groups excluding carboxylic acids is 1. The number of hydrogen-bond donors (Lipinski definition) is 3. The minimum atomic E-state index is -1.25. The molecule has 2 heterocycles. The summed E-state index contributed by atoms with van der Waals surface area (Å²) in [5.74, 6) is 0.888. The first-order valence-corrected chi connectivity index (χ1v) is 10.5. The molecule has 2 unspecified atom stereocenters. The highest BCUT2D eigenvalue weighted by Crippen LogP contribution is 2.14. The number of nitroso groups, excluding NO2 is 1. The maximum Gasteiger partial charge on any atom is 0.225 e. The molecule has 1 aromatic rings. The molecule has 1 fully saturated rings. The summed E-state index contributed by atoms with van der Waals surface area (Å²) in [5.41, 5.74) is 6.22. The van der Waals surface area contributed by atoms with Crippen LogP contribution < -0.4 is 16.0 Å². The second kappa shape index (κ2) is 13.2. The predicted octanol–water partition coefficient (Wildman–Crippen LogP) is -1.46. The van der Waals surface area contributed by atoms with Gasteiger partial charge in [0.05, 0.1) is 25.2 Å². The highest BCUT2D eigenvalue weighted by molar-refractivity contribution is 5.76. The number of nitrogens with two attached hydrogens (primary N) is 2. The SMILES string of the molecule is C/C(=C(/C=[NH2+])OC(CN=O)COCCC(=O)N1CCN(c2ccc(C#N)cn2)CC1)C(N)O. The fourth-order valence-corrected chi connectivity index (χ4v) is 3.15. The van der Waals surface area contributed by atoms with Gasteiger partial charge in [0.15, 0.2) is 5.76 Å². The van der Waals surface area contributed by atoms with E-state index in [1.165, 1.54) is 6.20 Å². The number of aliphatic hydroxyl groups is 1. The normalized spacial score (nSPS) is 16.3. The number of piperazine rings is 1. The first-order chi connectivity index (χ1) is 15.9. The van der Waals surface area contributed by atoms with Gasteiger partial charge in [-0.2, -0.15) is 10.2 Å². The zero-order chi connectivity index (χ0) is 24.2. The van der Waals surface area contributed by atoms with E-state index < -0.39 is 12.3 Å². The van der Waals surface area contributed by atoms with Crippen LogP contribution in [0, 0.1) is 16.2 Å². The molecule has 1 aliphatic heterocycles. The lowest BCUT2D eigenvalue weighted by Gasteiger charge is -2.35. The van der Waals surface area contributed by atoms with Crippen molar-refractivity contribution >= 4 is 17.9 Å². The van der Waals surface area contributed by atoms with Crippen LogP contribution in [-0.2, 0) is 14.3 Å². The monoisotopic (exact) mass is 460 g/mol. The standard InChI is InChI=1S/C21H29N7O5/c1-15(21(24)30)18(11-23)33-17(13-26-31)14-32-9-4-20(29)28-7-5-27(6-8-28)19-3-2-16(10-22)12-25-19/h2-3,11-12,17,21,23,30H,4-9,13-14,24H2,1H3/p+1/b18-15+,23-11?. The van der Waals surface area contributed by atoms with Crippen LogP contribution in [-0.4, -0.2) is 85.4 Å². The minimum absolute atomic E-state index is 0.0163. The second-order valence-corrected chi connectivity index (χ2v) is 7.42. The van der Waals surface area contributed by atoms with Crippen LogP contribution in [0.3, 0.4) is 0 Å². The molecule has 1 saturated heterocycles. The third-order valence-corrected chi connectivity index (χ3v) is 5.15. The number of carbonyl (C=O) groups is 1. The van der Waals surface area contributed by atoms with E-state index >= 15 is 0 Å². The van der Waals surface area contributed by atoms with Crippen molar-refractivity contribution in [1.82, 2.24) is 9.88 Å². The predicted molar refractivity (Wildman–Crippen MR) is 120 cm³/mol. The van der Waals surface area contributed by atoms with Crippen LogP contribution in [0.1, 0.15) is 18.9 Å². The number of pyridine rings is 1. The highest BCUT2D eigenvalue weighted by atomic mass is 16.5. The van der Waals surface area contributed by atoms with Gasteiger partial charge in [-0.15, -0.1) is 0 Å². The maximum absolute atomic E-state index is 12.5. The fourth-order valence-electron chi connectivity index (χ4n) is 3.15. The van der Waals surface area contributed by atoms with Gasteiger partial charge in [0, 0.05) is 37.9 Å². The van der Waals surface area contributed by atoms with Crippen molar-refractivity contribution in [2.24, 2.45) is 10.9 Å². The number of allylic oxidation sites excluding steroid dienone is 1. The number of nitriles is 1. The van der Waals surface area contributed by atoms with Crippen molar-refractivity contribution < 1.29 is 24.8 Å². The Morgan fingerprint density at radius 1 is 1.42 bits per heavy atom. The van der Waals surface area contributed by atoms with Crippen molar-refractivity contribution in [3.05, 3.63) is 40.1 Å². The Kier molecular flexibility index (Phi) is 10.4. The van der Waals surface area contributed by atoms with E-state index in [2.05, 4.69) is 15.1 Å². The van der Waals surface area contributed by atoms with Gasteiger partial charge in [0.25, 0.3) is 0 Å². The summed E-state index contributed by atoms with van der Waals surface area (Å²) in [7, 11) is 0. The van der Waals surface area contributed by atoms with E-state index in [-0.39, 0.29) is 37.8 Å². The van der Waals surface area contributed by atoms with Crippen molar-refractivity contribution in [3.8, 4) is 6.07 Å². The number of nitrogens with zero attached hydrogens (tertiary/aromatic N) is 5. The van der Waals surface area contributed by atoms with E-state index in [9.17, 15) is 14.8 Å². The summed E-state index contributed by atoms with van der Waals surface area (Å²) in [5, 5.41) is 26.6. The fraction of sp³-hybridized carbons (Fsp3) is 0.524. The number of hydrogen-bond acceptors (Lipinski definition) is 10. The lowest BCUT2D eigenvalue weighted by molar-refractivity contribution is -0.132. The molecule has 0 saturated carbocycles. The molecule has 178 valence electrons. The Bertz CT molecular complexity index is 874. The highest BCUT2D eigenvalue weighted by Gasteiger charge is 2.22. The molecule has 33 heavy (non-hydrogen) atoms. The van der Waals surface area contributed by atoms with Crippen molar-refractivity contribution in [1.29, 1.82) is 5.26 Å². The average Bonchev–Trinajstić information content (AvgIpc) is 2.84. The number of aromatic nitrogens is 1. The van der Waals surface area contributed by atoms with Crippen LogP contribution >= 0.6 is 0 Å². The molecule has 0 bridgehead atoms. The Morgan fingerprint density at radius 3 is 2.70 bits per heavy atom. The van der Waals surface area contributed by atoms with Crippen molar-refractivity contribution in [2.75, 3.05) is 50.8 Å². The summed E-state index contributed by atoms with van der Waals surface area (Å²) in [6, 6.07) is 5.56. The maximum atomic E-state index is 12.5. The number of aliphatic hydroxyl groups excluding tert-OH is 1. The molecule has 5 N–H and O–H groups in total. The van der Waals surface area contributed by atoms with Gasteiger partial charge in [-0.3, -0.25) is 10.2 Å². The molecule has 0 aliphatic carbocycles. The first kappa shape index (κ1) is 25.9. The van der Waals surface area contributed by atoms with Crippen LogP contribution in [0.2, 0.25) is 0 Å². The van der Waals surface area contributed by atoms with E-state index in [4.69, 9.17) is 25.9 Å². The molecule has 1 aromatic heterocycles. The summed E-state index contributed by atoms with van der Waals surface area (Å²) in [4.78, 5) is 31.3. The van der Waals surface area contributed by atoms with Crippen LogP contribution in [0.25, 0.3) is 0 Å². The number of rotatable bonds is 12. The zero-order valence-corrected chi connectivity index (χ0v) is 18.6. The zero-order valence-electron chi connectivity index (χ0n) is 18.6. The van der Waals surface area contributed by atoms with Gasteiger partial charge in [0.2, 0.25) is 12.1 Å². The van der Waals surface area contributed by atoms with Gasteiger partial charge < -0.3 is 30.1 Å². The molecule has 12 nitrogen and oxygen atoms in total. The number of ether oxygens (including phenoxy) is 2. The van der Waals surface area contributed by atoms with Crippen LogP contribution in [0.15, 0.2) is 34.8 Å². The molecule has 1 amide bonds. The quantitative estimate of drug-likeness (QED) is 0.110. The van der Waals surface area contributed by atoms with Crippen LogP contribution in [0.5, 0.6) is 0 Å². The molecule has 12 heteroatoms. The van der Waals surface area contributed by atoms with E-state index in [0.717, 1.165) is 12.0 Å². The Balaban J connectivity index is 1.75. The summed E-state index contributed by atoms with van der Waals surface area (Å²) < 4.78 is 11.1. The summed E-state index contributed by atoms with van der Waals surface area (Å²) in [6.45, 7) is 3.93. The van der Waals surface area contributed by atoms with E-state index in [1.807, 2.05) is 6.07 Å². The van der Waals surface area contributed by atoms with Gasteiger partial charge >= 0.3 is 0 Å². The third-order valence-electron chi connectivity index (χ3n) is 5.15. The molecule has 2 rings (SSSR count). The van der Waals surface area contributed by atoms with Gasteiger partial charge in [-0.25, -0.2) is 4.98 Å². The third kappa shape index (κ3) is 7.90. The van der Waals surface area contributed by atoms with Gasteiger partial charge in [-0.05, 0) is 19.1 Å². The first-order valence-electron chi connectivity index (χ1n) is 10.5. The molecule has 2 atom stereocenters. The van der Waals surface area contributed by atoms with Crippen molar-refractivity contribution in [3.63, 3.8) is 0 Å².